The van der Waals surface area contributed by atoms with E-state index >= 15 is 0 Å². The minimum absolute atomic E-state index is 0.0732. The highest BCUT2D eigenvalue weighted by Crippen LogP contribution is 2.29. The molecule has 1 aliphatic rings. The van der Waals surface area contributed by atoms with Crippen LogP contribution in [0.15, 0.2) is 21.4 Å². The molecule has 5 heteroatoms. The Labute approximate surface area is 118 Å². The van der Waals surface area contributed by atoms with Crippen LogP contribution >= 0.6 is 31.9 Å². The normalized spacial score (nSPS) is 24.6. The Morgan fingerprint density at radius 1 is 1.47 bits per heavy atom. The number of carbonyl (C=O) groups excluding carboxylic acids is 1. The van der Waals surface area contributed by atoms with E-state index in [1.807, 2.05) is 0 Å². The molecule has 1 saturated carbocycles. The van der Waals surface area contributed by atoms with Crippen LogP contribution in [0.25, 0.3) is 0 Å². The van der Waals surface area contributed by atoms with Gasteiger partial charge in [-0.2, -0.15) is 0 Å². The third-order valence-electron chi connectivity index (χ3n) is 3.20. The Morgan fingerprint density at radius 3 is 2.88 bits per heavy atom. The second kappa shape index (κ2) is 6.05. The van der Waals surface area contributed by atoms with E-state index in [1.165, 1.54) is 31.9 Å². The van der Waals surface area contributed by atoms with E-state index in [1.54, 1.807) is 6.07 Å². The topological polar surface area (TPSA) is 42.2 Å². The van der Waals surface area contributed by atoms with Crippen molar-refractivity contribution in [2.75, 3.05) is 6.54 Å². The van der Waals surface area contributed by atoms with Crippen molar-refractivity contribution in [3.05, 3.63) is 22.6 Å². The zero-order valence-electron chi connectivity index (χ0n) is 9.42. The summed E-state index contributed by atoms with van der Waals surface area (Å²) >= 11 is 6.90. The average Bonchev–Trinajstić information content (AvgIpc) is 2.74. The molecule has 2 rings (SSSR count). The first-order chi connectivity index (χ1) is 8.18. The van der Waals surface area contributed by atoms with Crippen molar-refractivity contribution >= 4 is 37.8 Å². The lowest BCUT2D eigenvalue weighted by Crippen LogP contribution is -2.34. The van der Waals surface area contributed by atoms with E-state index in [0.717, 1.165) is 6.54 Å². The summed E-state index contributed by atoms with van der Waals surface area (Å²) in [5.41, 5.74) is 0.562. The van der Waals surface area contributed by atoms with Gasteiger partial charge in [-0.25, -0.2) is 0 Å². The summed E-state index contributed by atoms with van der Waals surface area (Å²) in [5, 5.41) is 2.97. The van der Waals surface area contributed by atoms with Crippen LogP contribution < -0.4 is 5.32 Å². The minimum atomic E-state index is -0.0732. The number of alkyl halides is 1. The fourth-order valence-corrected chi connectivity index (χ4v) is 3.36. The number of furan rings is 1. The molecule has 1 N–H and O–H groups in total. The molecule has 1 heterocycles. The molecule has 17 heavy (non-hydrogen) atoms. The minimum Gasteiger partial charge on any atom is -0.457 e. The molecular formula is C12H15Br2NO2. The summed E-state index contributed by atoms with van der Waals surface area (Å²) in [6.07, 6.45) is 6.44. The van der Waals surface area contributed by atoms with Crippen LogP contribution in [0, 0.1) is 5.92 Å². The molecule has 1 amide bonds. The Hall–Kier alpha value is -0.290. The van der Waals surface area contributed by atoms with Gasteiger partial charge in [-0.3, -0.25) is 4.79 Å². The van der Waals surface area contributed by atoms with Crippen LogP contribution in [-0.4, -0.2) is 17.3 Å². The van der Waals surface area contributed by atoms with Crippen molar-refractivity contribution < 1.29 is 9.21 Å². The number of rotatable bonds is 3. The first-order valence-electron chi connectivity index (χ1n) is 5.83. The zero-order chi connectivity index (χ0) is 12.3. The van der Waals surface area contributed by atoms with Gasteiger partial charge in [-0.15, -0.1) is 0 Å². The van der Waals surface area contributed by atoms with Gasteiger partial charge in [0.2, 0.25) is 0 Å². The third kappa shape index (κ3) is 3.35. The van der Waals surface area contributed by atoms with Crippen LogP contribution in [0.1, 0.15) is 36.0 Å². The Bertz CT molecular complexity index is 392. The zero-order valence-corrected chi connectivity index (χ0v) is 12.6. The fraction of sp³-hybridized carbons (Fsp3) is 0.583. The molecule has 0 bridgehead atoms. The molecule has 1 aliphatic carbocycles. The quantitative estimate of drug-likeness (QED) is 0.830. The molecule has 0 spiro atoms. The van der Waals surface area contributed by atoms with Gasteiger partial charge in [-0.1, -0.05) is 28.8 Å². The first kappa shape index (κ1) is 13.1. The molecular weight excluding hydrogens is 350 g/mol. The number of amides is 1. The predicted octanol–water partition coefficient (Wildman–Crippen LogP) is 3.73. The number of hydrogen-bond acceptors (Lipinski definition) is 2. The number of hydrogen-bond donors (Lipinski definition) is 1. The van der Waals surface area contributed by atoms with Gasteiger partial charge >= 0.3 is 0 Å². The van der Waals surface area contributed by atoms with E-state index in [4.69, 9.17) is 4.42 Å². The smallest absolute Gasteiger partial charge is 0.255 e. The second-order valence-electron chi connectivity index (χ2n) is 4.38. The molecule has 0 saturated heterocycles. The standard InChI is InChI=1S/C12H15Br2NO2/c13-10-4-2-1-3-8(10)7-15-12(16)9-5-6-17-11(9)14/h5-6,8,10H,1-4,7H2,(H,15,16). The summed E-state index contributed by atoms with van der Waals surface area (Å²) < 4.78 is 5.54. The largest absolute Gasteiger partial charge is 0.457 e. The second-order valence-corrected chi connectivity index (χ2v) is 6.27. The van der Waals surface area contributed by atoms with E-state index in [-0.39, 0.29) is 5.91 Å². The molecule has 1 aromatic rings. The molecule has 94 valence electrons. The van der Waals surface area contributed by atoms with Crippen molar-refractivity contribution in [1.82, 2.24) is 5.32 Å². The average molecular weight is 365 g/mol. The number of carbonyl (C=O) groups is 1. The SMILES string of the molecule is O=C(NCC1CCCCC1Br)c1ccoc1Br. The maximum absolute atomic E-state index is 11.9. The third-order valence-corrected chi connectivity index (χ3v) is 5.02. The van der Waals surface area contributed by atoms with Gasteiger partial charge in [0.25, 0.3) is 5.91 Å². The van der Waals surface area contributed by atoms with Crippen LogP contribution in [-0.2, 0) is 0 Å². The van der Waals surface area contributed by atoms with Crippen molar-refractivity contribution in [1.29, 1.82) is 0 Å². The molecule has 1 fully saturated rings. The van der Waals surface area contributed by atoms with E-state index in [9.17, 15) is 4.79 Å². The summed E-state index contributed by atoms with van der Waals surface area (Å²) in [7, 11) is 0. The van der Waals surface area contributed by atoms with Crippen LogP contribution in [0.5, 0.6) is 0 Å². The summed E-state index contributed by atoms with van der Waals surface area (Å²) in [4.78, 5) is 12.4. The highest BCUT2D eigenvalue weighted by molar-refractivity contribution is 9.10. The van der Waals surface area contributed by atoms with E-state index in [0.29, 0.717) is 21.0 Å². The highest BCUT2D eigenvalue weighted by Gasteiger charge is 2.23. The van der Waals surface area contributed by atoms with Gasteiger partial charge in [-0.05, 0) is 40.8 Å². The molecule has 2 atom stereocenters. The van der Waals surface area contributed by atoms with Crippen molar-refractivity contribution in [3.63, 3.8) is 0 Å². The molecule has 0 radical (unpaired) electrons. The molecule has 1 aromatic heterocycles. The predicted molar refractivity (Wildman–Crippen MR) is 73.4 cm³/mol. The van der Waals surface area contributed by atoms with Gasteiger partial charge in [0.1, 0.15) is 0 Å². The van der Waals surface area contributed by atoms with E-state index < -0.39 is 0 Å². The molecule has 2 unspecified atom stereocenters. The lowest BCUT2D eigenvalue weighted by atomic mass is 9.89. The molecule has 0 aliphatic heterocycles. The van der Waals surface area contributed by atoms with Gasteiger partial charge in [0.05, 0.1) is 11.8 Å². The first-order valence-corrected chi connectivity index (χ1v) is 7.54. The molecule has 0 aromatic carbocycles. The van der Waals surface area contributed by atoms with Crippen LogP contribution in [0.3, 0.4) is 0 Å². The van der Waals surface area contributed by atoms with Gasteiger partial charge in [0, 0.05) is 11.4 Å². The van der Waals surface area contributed by atoms with Crippen LogP contribution in [0.2, 0.25) is 0 Å². The van der Waals surface area contributed by atoms with Crippen molar-refractivity contribution in [3.8, 4) is 0 Å². The number of nitrogens with one attached hydrogen (secondary N) is 1. The lowest BCUT2D eigenvalue weighted by Gasteiger charge is -2.27. The van der Waals surface area contributed by atoms with Gasteiger partial charge < -0.3 is 9.73 Å². The monoisotopic (exact) mass is 363 g/mol. The summed E-state index contributed by atoms with van der Waals surface area (Å²) in [6.45, 7) is 0.729. The Balaban J connectivity index is 1.86. The van der Waals surface area contributed by atoms with E-state index in [2.05, 4.69) is 37.2 Å². The maximum Gasteiger partial charge on any atom is 0.255 e. The summed E-state index contributed by atoms with van der Waals surface area (Å²) in [6, 6.07) is 1.67. The molecule has 3 nitrogen and oxygen atoms in total. The van der Waals surface area contributed by atoms with Crippen molar-refractivity contribution in [2.45, 2.75) is 30.5 Å². The van der Waals surface area contributed by atoms with Gasteiger partial charge in [0.15, 0.2) is 4.67 Å². The van der Waals surface area contributed by atoms with Crippen LogP contribution in [0.4, 0.5) is 0 Å². The Kier molecular flexibility index (Phi) is 4.68. The van der Waals surface area contributed by atoms with Crippen molar-refractivity contribution in [2.24, 2.45) is 5.92 Å². The fourth-order valence-electron chi connectivity index (χ4n) is 2.17. The highest BCUT2D eigenvalue weighted by atomic mass is 79.9. The lowest BCUT2D eigenvalue weighted by molar-refractivity contribution is 0.0943. The maximum atomic E-state index is 11.9. The number of halogens is 2. The summed E-state index contributed by atoms with van der Waals surface area (Å²) in [5.74, 6) is 0.467. The Morgan fingerprint density at radius 2 is 2.24 bits per heavy atom.